The van der Waals surface area contributed by atoms with Gasteiger partial charge in [0.25, 0.3) is 0 Å². The third-order valence-electron chi connectivity index (χ3n) is 5.45. The Morgan fingerprint density at radius 2 is 0.969 bits per heavy atom. The average molecular weight is 432 g/mol. The molecule has 0 saturated heterocycles. The van der Waals surface area contributed by atoms with Crippen LogP contribution in [-0.4, -0.2) is 9.97 Å². The molecule has 4 heteroatoms. The predicted molar refractivity (Wildman–Crippen MR) is 132 cm³/mol. The molecule has 0 N–H and O–H groups in total. The zero-order chi connectivity index (χ0) is 21.8. The van der Waals surface area contributed by atoms with E-state index >= 15 is 0 Å². The third-order valence-corrected chi connectivity index (χ3v) is 8.28. The smallest absolute Gasteiger partial charge is 0.206 e. The molecule has 0 amide bonds. The number of hydrogen-bond acceptors (Lipinski definition) is 3. The first-order chi connectivity index (χ1) is 15.7. The second kappa shape index (κ2) is 8.74. The van der Waals surface area contributed by atoms with Gasteiger partial charge >= 0.3 is 0 Å². The van der Waals surface area contributed by atoms with Crippen molar-refractivity contribution in [3.63, 3.8) is 0 Å². The van der Waals surface area contributed by atoms with Crippen LogP contribution in [0, 0.1) is 0 Å². The van der Waals surface area contributed by atoms with E-state index in [-0.39, 0.29) is 0 Å². The van der Waals surface area contributed by atoms with Crippen molar-refractivity contribution in [2.45, 2.75) is 0 Å². The normalized spacial score (nSPS) is 11.2. The number of benzene rings is 4. The maximum absolute atomic E-state index is 14.5. The number of aromatic nitrogens is 2. The summed E-state index contributed by atoms with van der Waals surface area (Å²) in [6, 6.07) is 39.4. The summed E-state index contributed by atoms with van der Waals surface area (Å²) in [5, 5.41) is 1.45. The van der Waals surface area contributed by atoms with Crippen LogP contribution >= 0.6 is 7.14 Å². The zero-order valence-electron chi connectivity index (χ0n) is 17.4. The van der Waals surface area contributed by atoms with Gasteiger partial charge in [0, 0.05) is 22.4 Å². The monoisotopic (exact) mass is 432 g/mol. The van der Waals surface area contributed by atoms with Crippen molar-refractivity contribution in [3.8, 4) is 22.4 Å². The van der Waals surface area contributed by atoms with Crippen LogP contribution in [-0.2, 0) is 4.57 Å². The minimum absolute atomic E-state index is 0.347. The molecule has 0 aliphatic rings. The highest BCUT2D eigenvalue weighted by molar-refractivity contribution is 7.84. The first-order valence-electron chi connectivity index (χ1n) is 10.5. The molecule has 3 nitrogen and oxygen atoms in total. The molecule has 4 aromatic carbocycles. The second-order valence-corrected chi connectivity index (χ2v) is 10.1. The van der Waals surface area contributed by atoms with Crippen LogP contribution in [0.4, 0.5) is 0 Å². The van der Waals surface area contributed by atoms with Crippen molar-refractivity contribution in [3.05, 3.63) is 128 Å². The van der Waals surface area contributed by atoms with E-state index in [2.05, 4.69) is 29.2 Å². The summed E-state index contributed by atoms with van der Waals surface area (Å²) >= 11 is 0. The predicted octanol–water partition coefficient (Wildman–Crippen LogP) is 5.45. The zero-order valence-corrected chi connectivity index (χ0v) is 18.3. The van der Waals surface area contributed by atoms with Crippen molar-refractivity contribution in [1.82, 2.24) is 9.97 Å². The Bertz CT molecular complexity index is 1330. The van der Waals surface area contributed by atoms with Gasteiger partial charge < -0.3 is 4.57 Å². The minimum Gasteiger partial charge on any atom is -0.305 e. The SMILES string of the molecule is O=P(c1ccccc1)(c1ccccc1)c1nccc(-c2ccc(-c3ccccc3)cc2)n1. The van der Waals surface area contributed by atoms with Crippen LogP contribution in [0.25, 0.3) is 22.4 Å². The van der Waals surface area contributed by atoms with Gasteiger partial charge in [-0.05, 0) is 17.2 Å². The molecule has 5 rings (SSSR count). The summed E-state index contributed by atoms with van der Waals surface area (Å²) in [6.07, 6.45) is 1.70. The largest absolute Gasteiger partial charge is 0.305 e. The molecular formula is C28H21N2OP. The highest BCUT2D eigenvalue weighted by Crippen LogP contribution is 2.41. The molecule has 32 heavy (non-hydrogen) atoms. The molecular weight excluding hydrogens is 411 g/mol. The first kappa shape index (κ1) is 20.1. The molecule has 0 saturated carbocycles. The Morgan fingerprint density at radius 1 is 0.500 bits per heavy atom. The maximum atomic E-state index is 14.5. The van der Waals surface area contributed by atoms with Crippen molar-refractivity contribution in [2.75, 3.05) is 0 Å². The minimum atomic E-state index is -3.20. The van der Waals surface area contributed by atoms with Gasteiger partial charge in [0.1, 0.15) is 0 Å². The van der Waals surface area contributed by atoms with Gasteiger partial charge in [-0.2, -0.15) is 0 Å². The van der Waals surface area contributed by atoms with Crippen LogP contribution < -0.4 is 16.2 Å². The van der Waals surface area contributed by atoms with Gasteiger partial charge in [0.15, 0.2) is 5.57 Å². The molecule has 1 heterocycles. The lowest BCUT2D eigenvalue weighted by atomic mass is 10.0. The highest BCUT2D eigenvalue weighted by atomic mass is 31.2. The lowest BCUT2D eigenvalue weighted by Crippen LogP contribution is -2.29. The maximum Gasteiger partial charge on any atom is 0.206 e. The van der Waals surface area contributed by atoms with E-state index in [0.717, 1.165) is 27.4 Å². The summed E-state index contributed by atoms with van der Waals surface area (Å²) < 4.78 is 14.5. The van der Waals surface area contributed by atoms with Crippen LogP contribution in [0.1, 0.15) is 0 Å². The summed E-state index contributed by atoms with van der Waals surface area (Å²) in [4.78, 5) is 9.28. The topological polar surface area (TPSA) is 42.9 Å². The summed E-state index contributed by atoms with van der Waals surface area (Å²) in [6.45, 7) is 0. The summed E-state index contributed by atoms with van der Waals surface area (Å²) in [5.41, 5.74) is 4.37. The number of nitrogens with zero attached hydrogens (tertiary/aromatic N) is 2. The summed E-state index contributed by atoms with van der Waals surface area (Å²) in [7, 11) is -3.20. The molecule has 0 unspecified atom stereocenters. The van der Waals surface area contributed by atoms with Crippen LogP contribution in [0.15, 0.2) is 128 Å². The van der Waals surface area contributed by atoms with Gasteiger partial charge in [0.05, 0.1) is 5.69 Å². The number of hydrogen-bond donors (Lipinski definition) is 0. The lowest BCUT2D eigenvalue weighted by molar-refractivity contribution is 0.591. The Balaban J connectivity index is 1.58. The molecule has 0 fully saturated rings. The molecule has 5 aromatic rings. The van der Waals surface area contributed by atoms with Crippen LogP contribution in [0.2, 0.25) is 0 Å². The molecule has 0 atom stereocenters. The fraction of sp³-hybridized carbons (Fsp3) is 0. The quantitative estimate of drug-likeness (QED) is 0.347. The fourth-order valence-electron chi connectivity index (χ4n) is 3.78. The molecule has 0 spiro atoms. The average Bonchev–Trinajstić information content (AvgIpc) is 2.90. The lowest BCUT2D eigenvalue weighted by Gasteiger charge is -2.18. The Hall–Kier alpha value is -3.81. The van der Waals surface area contributed by atoms with E-state index in [4.69, 9.17) is 4.98 Å². The molecule has 1 aromatic heterocycles. The molecule has 0 bridgehead atoms. The fourth-order valence-corrected chi connectivity index (χ4v) is 6.20. The van der Waals surface area contributed by atoms with E-state index in [1.165, 1.54) is 5.56 Å². The van der Waals surface area contributed by atoms with E-state index in [0.29, 0.717) is 5.57 Å². The van der Waals surface area contributed by atoms with Crippen molar-refractivity contribution >= 4 is 23.3 Å². The van der Waals surface area contributed by atoms with Crippen LogP contribution in [0.5, 0.6) is 0 Å². The summed E-state index contributed by atoms with van der Waals surface area (Å²) in [5.74, 6) is 0. The Kier molecular flexibility index (Phi) is 5.49. The molecule has 154 valence electrons. The molecule has 0 aliphatic heterocycles. The van der Waals surface area contributed by atoms with E-state index in [1.54, 1.807) is 6.20 Å². The highest BCUT2D eigenvalue weighted by Gasteiger charge is 2.32. The van der Waals surface area contributed by atoms with E-state index in [1.807, 2.05) is 97.1 Å². The van der Waals surface area contributed by atoms with Crippen molar-refractivity contribution in [1.29, 1.82) is 0 Å². The Morgan fingerprint density at radius 3 is 1.53 bits per heavy atom. The van der Waals surface area contributed by atoms with E-state index < -0.39 is 7.14 Å². The van der Waals surface area contributed by atoms with Gasteiger partial charge in [-0.25, -0.2) is 9.97 Å². The second-order valence-electron chi connectivity index (χ2n) is 7.47. The van der Waals surface area contributed by atoms with Crippen molar-refractivity contribution in [2.24, 2.45) is 0 Å². The Labute approximate surface area is 187 Å². The van der Waals surface area contributed by atoms with Gasteiger partial charge in [-0.3, -0.25) is 0 Å². The third kappa shape index (κ3) is 3.79. The first-order valence-corrected chi connectivity index (χ1v) is 12.2. The van der Waals surface area contributed by atoms with Gasteiger partial charge in [-0.1, -0.05) is 115 Å². The molecule has 0 aliphatic carbocycles. The number of rotatable bonds is 5. The van der Waals surface area contributed by atoms with Gasteiger partial charge in [-0.15, -0.1) is 0 Å². The van der Waals surface area contributed by atoms with E-state index in [9.17, 15) is 4.57 Å². The van der Waals surface area contributed by atoms with Crippen molar-refractivity contribution < 1.29 is 4.57 Å². The van der Waals surface area contributed by atoms with Gasteiger partial charge in [0.2, 0.25) is 7.14 Å². The molecule has 0 radical (unpaired) electrons. The van der Waals surface area contributed by atoms with Crippen LogP contribution in [0.3, 0.4) is 0 Å². The standard InChI is InChI=1S/C28H21N2OP/c31-32(25-12-6-2-7-13-25,26-14-8-3-9-15-26)28-29-21-20-27(30-28)24-18-16-23(17-19-24)22-10-4-1-5-11-22/h1-21H.